The van der Waals surface area contributed by atoms with Gasteiger partial charge in [0.15, 0.2) is 11.6 Å². The zero-order valence-corrected chi connectivity index (χ0v) is 15.3. The first-order chi connectivity index (χ1) is 14.1. The minimum Gasteiger partial charge on any atom is -0.339 e. The summed E-state index contributed by atoms with van der Waals surface area (Å²) in [4.78, 5) is 33.1. The van der Waals surface area contributed by atoms with Crippen molar-refractivity contribution in [3.63, 3.8) is 0 Å². The van der Waals surface area contributed by atoms with Crippen molar-refractivity contribution in [3.8, 4) is 0 Å². The largest absolute Gasteiger partial charge is 0.339 e. The Morgan fingerprint density at radius 1 is 0.931 bits per heavy atom. The highest BCUT2D eigenvalue weighted by atomic mass is 19.2. The van der Waals surface area contributed by atoms with E-state index in [1.807, 2.05) is 4.90 Å². The summed E-state index contributed by atoms with van der Waals surface area (Å²) in [5.41, 5.74) is 0.543. The number of anilines is 3. The van der Waals surface area contributed by atoms with Crippen molar-refractivity contribution in [2.45, 2.75) is 0 Å². The topological polar surface area (TPSA) is 87.1 Å². The van der Waals surface area contributed by atoms with Crippen LogP contribution in [0, 0.1) is 11.6 Å². The lowest BCUT2D eigenvalue weighted by molar-refractivity contribution is 0.0740. The number of piperazine rings is 1. The van der Waals surface area contributed by atoms with E-state index >= 15 is 0 Å². The van der Waals surface area contributed by atoms with Gasteiger partial charge >= 0.3 is 0 Å². The molecule has 2 aromatic heterocycles. The molecule has 1 fully saturated rings. The molecule has 0 atom stereocenters. The van der Waals surface area contributed by atoms with Crippen molar-refractivity contribution in [2.75, 3.05) is 36.4 Å². The maximum Gasteiger partial charge on any atom is 0.274 e. The van der Waals surface area contributed by atoms with E-state index in [2.05, 4.69) is 25.3 Å². The second-order valence-corrected chi connectivity index (χ2v) is 6.37. The lowest BCUT2D eigenvalue weighted by Crippen LogP contribution is -2.49. The second-order valence-electron chi connectivity index (χ2n) is 6.37. The summed E-state index contributed by atoms with van der Waals surface area (Å²) in [6.45, 7) is 2.29. The maximum absolute atomic E-state index is 13.3. The SMILES string of the molecule is O=C(c1cnc(Nc2ccc(F)c(F)c2)cn1)N1CCN(c2ncccn2)CC1. The standard InChI is InChI=1S/C19H17F2N7O/c20-14-3-2-13(10-15(14)21)26-17-12-24-16(11-25-17)18(29)27-6-8-28(9-7-27)19-22-4-1-5-23-19/h1-5,10-12H,6-9H2,(H,25,26). The zero-order chi connectivity index (χ0) is 20.2. The van der Waals surface area contributed by atoms with Gasteiger partial charge in [-0.1, -0.05) is 0 Å². The van der Waals surface area contributed by atoms with Gasteiger partial charge in [0, 0.05) is 50.3 Å². The smallest absolute Gasteiger partial charge is 0.274 e. The van der Waals surface area contributed by atoms with Crippen molar-refractivity contribution in [3.05, 3.63) is 66.4 Å². The third-order valence-electron chi connectivity index (χ3n) is 4.46. The van der Waals surface area contributed by atoms with Crippen LogP contribution < -0.4 is 10.2 Å². The summed E-state index contributed by atoms with van der Waals surface area (Å²) in [6, 6.07) is 5.18. The van der Waals surface area contributed by atoms with Gasteiger partial charge in [0.05, 0.1) is 12.4 Å². The second kappa shape index (κ2) is 8.13. The molecule has 0 spiro atoms. The zero-order valence-electron chi connectivity index (χ0n) is 15.3. The molecule has 4 rings (SSSR count). The van der Waals surface area contributed by atoms with Crippen LogP contribution in [-0.4, -0.2) is 56.9 Å². The van der Waals surface area contributed by atoms with Crippen LogP contribution in [-0.2, 0) is 0 Å². The number of rotatable bonds is 4. The molecule has 1 amide bonds. The van der Waals surface area contributed by atoms with Gasteiger partial charge in [-0.15, -0.1) is 0 Å². The minimum atomic E-state index is -0.963. The molecule has 0 bridgehead atoms. The summed E-state index contributed by atoms with van der Waals surface area (Å²) >= 11 is 0. The Morgan fingerprint density at radius 3 is 2.34 bits per heavy atom. The van der Waals surface area contributed by atoms with Crippen LogP contribution >= 0.6 is 0 Å². The molecule has 1 saturated heterocycles. The lowest BCUT2D eigenvalue weighted by atomic mass is 10.3. The fourth-order valence-electron chi connectivity index (χ4n) is 2.95. The van der Waals surface area contributed by atoms with E-state index in [-0.39, 0.29) is 11.6 Å². The highest BCUT2D eigenvalue weighted by Crippen LogP contribution is 2.17. The molecule has 3 aromatic rings. The fraction of sp³-hybridized carbons (Fsp3) is 0.211. The van der Waals surface area contributed by atoms with Gasteiger partial charge in [-0.05, 0) is 18.2 Å². The van der Waals surface area contributed by atoms with Crippen LogP contribution in [0.1, 0.15) is 10.5 Å². The third-order valence-corrected chi connectivity index (χ3v) is 4.46. The molecular formula is C19H17F2N7O. The van der Waals surface area contributed by atoms with Crippen LogP contribution in [0.3, 0.4) is 0 Å². The van der Waals surface area contributed by atoms with Gasteiger partial charge in [0.25, 0.3) is 5.91 Å². The molecule has 0 aliphatic carbocycles. The highest BCUT2D eigenvalue weighted by molar-refractivity contribution is 5.92. The summed E-state index contributed by atoms with van der Waals surface area (Å²) in [7, 11) is 0. The van der Waals surface area contributed by atoms with Gasteiger partial charge in [-0.2, -0.15) is 0 Å². The van der Waals surface area contributed by atoms with Gasteiger partial charge < -0.3 is 15.1 Å². The van der Waals surface area contributed by atoms with Crippen molar-refractivity contribution >= 4 is 23.4 Å². The summed E-state index contributed by atoms with van der Waals surface area (Å²) in [5.74, 6) is -1.15. The van der Waals surface area contributed by atoms with Crippen molar-refractivity contribution in [2.24, 2.45) is 0 Å². The van der Waals surface area contributed by atoms with Crippen LogP contribution in [0.4, 0.5) is 26.2 Å². The van der Waals surface area contributed by atoms with E-state index in [9.17, 15) is 13.6 Å². The first-order valence-electron chi connectivity index (χ1n) is 8.95. The van der Waals surface area contributed by atoms with Gasteiger partial charge in [0.1, 0.15) is 11.5 Å². The Bertz CT molecular complexity index is 993. The Labute approximate surface area is 165 Å². The van der Waals surface area contributed by atoms with Crippen LogP contribution in [0.5, 0.6) is 0 Å². The number of nitrogens with zero attached hydrogens (tertiary/aromatic N) is 6. The first kappa shape index (κ1) is 18.7. The Kier molecular flexibility index (Phi) is 5.23. The third kappa shape index (κ3) is 4.26. The number of benzene rings is 1. The van der Waals surface area contributed by atoms with E-state index < -0.39 is 11.6 Å². The van der Waals surface area contributed by atoms with Crippen molar-refractivity contribution < 1.29 is 13.6 Å². The molecule has 3 heterocycles. The molecule has 0 saturated carbocycles. The minimum absolute atomic E-state index is 0.213. The van der Waals surface area contributed by atoms with Crippen LogP contribution in [0.25, 0.3) is 0 Å². The molecule has 1 aliphatic rings. The number of hydrogen-bond acceptors (Lipinski definition) is 7. The lowest BCUT2D eigenvalue weighted by Gasteiger charge is -2.34. The molecule has 29 heavy (non-hydrogen) atoms. The summed E-state index contributed by atoms with van der Waals surface area (Å²) in [5, 5.41) is 2.82. The van der Waals surface area contributed by atoms with Gasteiger partial charge in [-0.25, -0.2) is 28.7 Å². The summed E-state index contributed by atoms with van der Waals surface area (Å²) in [6.07, 6.45) is 6.11. The number of halogens is 2. The maximum atomic E-state index is 13.3. The van der Waals surface area contributed by atoms with Crippen molar-refractivity contribution in [1.29, 1.82) is 0 Å². The average Bonchev–Trinajstić information content (AvgIpc) is 2.77. The first-order valence-corrected chi connectivity index (χ1v) is 8.95. The summed E-state index contributed by atoms with van der Waals surface area (Å²) < 4.78 is 26.3. The van der Waals surface area contributed by atoms with E-state index in [0.717, 1.165) is 12.1 Å². The number of carbonyl (C=O) groups excluding carboxylic acids is 1. The quantitative estimate of drug-likeness (QED) is 0.723. The molecule has 0 unspecified atom stereocenters. The number of aromatic nitrogens is 4. The van der Waals surface area contributed by atoms with Gasteiger partial charge in [0.2, 0.25) is 5.95 Å². The number of hydrogen-bond donors (Lipinski definition) is 1. The Morgan fingerprint density at radius 2 is 1.69 bits per heavy atom. The average molecular weight is 397 g/mol. The molecular weight excluding hydrogens is 380 g/mol. The molecule has 1 aliphatic heterocycles. The molecule has 1 N–H and O–H groups in total. The predicted octanol–water partition coefficient (Wildman–Crippen LogP) is 2.25. The molecule has 148 valence electrons. The normalized spacial score (nSPS) is 14.0. The number of amides is 1. The Balaban J connectivity index is 1.36. The van der Waals surface area contributed by atoms with Crippen LogP contribution in [0.2, 0.25) is 0 Å². The molecule has 0 radical (unpaired) electrons. The molecule has 1 aromatic carbocycles. The number of carbonyl (C=O) groups is 1. The number of nitrogens with one attached hydrogen (secondary N) is 1. The van der Waals surface area contributed by atoms with Crippen molar-refractivity contribution in [1.82, 2.24) is 24.8 Å². The molecule has 8 nitrogen and oxygen atoms in total. The highest BCUT2D eigenvalue weighted by Gasteiger charge is 2.24. The van der Waals surface area contributed by atoms with Crippen LogP contribution in [0.15, 0.2) is 49.1 Å². The monoisotopic (exact) mass is 397 g/mol. The molecule has 10 heteroatoms. The van der Waals surface area contributed by atoms with E-state index in [4.69, 9.17) is 0 Å². The fourth-order valence-corrected chi connectivity index (χ4v) is 2.95. The van der Waals surface area contributed by atoms with E-state index in [1.54, 1.807) is 23.4 Å². The Hall–Kier alpha value is -3.69. The van der Waals surface area contributed by atoms with E-state index in [1.165, 1.54) is 18.5 Å². The van der Waals surface area contributed by atoms with Gasteiger partial charge in [-0.3, -0.25) is 4.79 Å². The predicted molar refractivity (Wildman–Crippen MR) is 102 cm³/mol. The van der Waals surface area contributed by atoms with E-state index in [0.29, 0.717) is 43.6 Å².